The number of aryl methyl sites for hydroxylation is 1. The molecule has 148 valence electrons. The van der Waals surface area contributed by atoms with Crippen molar-refractivity contribution in [3.63, 3.8) is 0 Å². The number of aliphatic carboxylic acids is 1. The van der Waals surface area contributed by atoms with Crippen molar-refractivity contribution in [1.29, 1.82) is 0 Å². The normalized spacial score (nSPS) is 13.8. The van der Waals surface area contributed by atoms with Crippen molar-refractivity contribution in [3.8, 4) is 11.1 Å². The van der Waals surface area contributed by atoms with Crippen LogP contribution in [0.4, 0.5) is 0 Å². The lowest BCUT2D eigenvalue weighted by Gasteiger charge is -2.18. The molecule has 3 aromatic rings. The fourth-order valence-corrected chi connectivity index (χ4v) is 4.10. The van der Waals surface area contributed by atoms with Crippen LogP contribution in [-0.2, 0) is 11.2 Å². The maximum atomic E-state index is 12.8. The molecule has 2 aromatic carbocycles. The van der Waals surface area contributed by atoms with Gasteiger partial charge >= 0.3 is 5.97 Å². The number of pyridine rings is 1. The molecular formula is C23H21ClN2O3. The number of amides is 1. The Morgan fingerprint density at radius 1 is 1.10 bits per heavy atom. The van der Waals surface area contributed by atoms with Crippen molar-refractivity contribution in [3.05, 3.63) is 64.3 Å². The molecule has 29 heavy (non-hydrogen) atoms. The molecule has 1 aromatic heterocycles. The van der Waals surface area contributed by atoms with Crippen LogP contribution in [0.25, 0.3) is 22.0 Å². The second kappa shape index (κ2) is 7.84. The van der Waals surface area contributed by atoms with Crippen molar-refractivity contribution < 1.29 is 14.7 Å². The molecule has 0 atom stereocenters. The lowest BCUT2D eigenvalue weighted by Crippen LogP contribution is -2.28. The van der Waals surface area contributed by atoms with Gasteiger partial charge in [-0.1, -0.05) is 23.7 Å². The largest absolute Gasteiger partial charge is 0.481 e. The van der Waals surface area contributed by atoms with Gasteiger partial charge in [0, 0.05) is 23.5 Å². The lowest BCUT2D eigenvalue weighted by atomic mass is 9.90. The van der Waals surface area contributed by atoms with Gasteiger partial charge in [-0.3, -0.25) is 9.59 Å². The minimum absolute atomic E-state index is 0.0512. The first kappa shape index (κ1) is 19.4. The van der Waals surface area contributed by atoms with E-state index in [9.17, 15) is 14.7 Å². The molecule has 0 radical (unpaired) electrons. The minimum Gasteiger partial charge on any atom is -0.481 e. The number of hydrogen-bond acceptors (Lipinski definition) is 3. The van der Waals surface area contributed by atoms with Crippen LogP contribution in [0.3, 0.4) is 0 Å². The molecule has 1 aliphatic rings. The molecule has 1 aliphatic heterocycles. The van der Waals surface area contributed by atoms with Crippen LogP contribution in [0, 0.1) is 6.92 Å². The van der Waals surface area contributed by atoms with Gasteiger partial charge in [0.05, 0.1) is 11.9 Å². The molecule has 0 saturated carbocycles. The third-order valence-corrected chi connectivity index (χ3v) is 5.65. The number of halogens is 1. The van der Waals surface area contributed by atoms with Crippen molar-refractivity contribution in [2.75, 3.05) is 13.1 Å². The van der Waals surface area contributed by atoms with Crippen LogP contribution >= 0.6 is 11.6 Å². The summed E-state index contributed by atoms with van der Waals surface area (Å²) in [5, 5.41) is 10.9. The first-order valence-corrected chi connectivity index (χ1v) is 10.0. The number of likely N-dealkylation sites (tertiary alicyclic amines) is 1. The molecule has 6 heteroatoms. The molecule has 1 saturated heterocycles. The van der Waals surface area contributed by atoms with E-state index in [1.54, 1.807) is 18.2 Å². The van der Waals surface area contributed by atoms with E-state index < -0.39 is 5.97 Å². The number of rotatable bonds is 4. The van der Waals surface area contributed by atoms with Crippen LogP contribution < -0.4 is 0 Å². The van der Waals surface area contributed by atoms with Crippen LogP contribution in [0.1, 0.15) is 34.5 Å². The molecule has 0 spiro atoms. The smallest absolute Gasteiger partial charge is 0.307 e. The predicted molar refractivity (Wildman–Crippen MR) is 113 cm³/mol. The van der Waals surface area contributed by atoms with Gasteiger partial charge in [0.25, 0.3) is 5.91 Å². The second-order valence-electron chi connectivity index (χ2n) is 7.39. The Hall–Kier alpha value is -2.92. The van der Waals surface area contributed by atoms with Crippen LogP contribution in [0.5, 0.6) is 0 Å². The molecule has 1 amide bonds. The molecule has 1 fully saturated rings. The third-order valence-electron chi connectivity index (χ3n) is 5.40. The first-order chi connectivity index (χ1) is 13.9. The van der Waals surface area contributed by atoms with E-state index in [1.165, 1.54) is 0 Å². The van der Waals surface area contributed by atoms with E-state index in [2.05, 4.69) is 4.98 Å². The fourth-order valence-electron chi connectivity index (χ4n) is 3.97. The van der Waals surface area contributed by atoms with E-state index >= 15 is 0 Å². The van der Waals surface area contributed by atoms with Gasteiger partial charge in [-0.15, -0.1) is 0 Å². The summed E-state index contributed by atoms with van der Waals surface area (Å²) in [5.41, 5.74) is 4.39. The van der Waals surface area contributed by atoms with Crippen LogP contribution in [0.2, 0.25) is 5.02 Å². The van der Waals surface area contributed by atoms with E-state index in [0.717, 1.165) is 53.6 Å². The molecule has 4 rings (SSSR count). The van der Waals surface area contributed by atoms with Gasteiger partial charge in [-0.25, -0.2) is 4.98 Å². The Balaban J connectivity index is 1.90. The number of nitrogens with zero attached hydrogens (tertiary/aromatic N) is 2. The van der Waals surface area contributed by atoms with Crippen molar-refractivity contribution >= 4 is 34.4 Å². The Kier molecular flexibility index (Phi) is 5.24. The van der Waals surface area contributed by atoms with E-state index in [4.69, 9.17) is 11.6 Å². The Bertz CT molecular complexity index is 1100. The summed E-state index contributed by atoms with van der Waals surface area (Å²) in [6, 6.07) is 12.8. The fraction of sp³-hybridized carbons (Fsp3) is 0.261. The Morgan fingerprint density at radius 2 is 1.79 bits per heavy atom. The van der Waals surface area contributed by atoms with Gasteiger partial charge in [0.1, 0.15) is 5.69 Å². The molecule has 0 aliphatic carbocycles. The summed E-state index contributed by atoms with van der Waals surface area (Å²) in [6.45, 7) is 3.42. The number of fused-ring (bicyclic) bond motifs is 1. The highest BCUT2D eigenvalue weighted by molar-refractivity contribution is 6.30. The van der Waals surface area contributed by atoms with E-state index in [-0.39, 0.29) is 12.3 Å². The zero-order chi connectivity index (χ0) is 20.5. The summed E-state index contributed by atoms with van der Waals surface area (Å²) >= 11 is 6.04. The quantitative estimate of drug-likeness (QED) is 0.677. The maximum Gasteiger partial charge on any atom is 0.307 e. The Labute approximate surface area is 173 Å². The number of carbonyl (C=O) groups excluding carboxylic acids is 1. The monoisotopic (exact) mass is 408 g/mol. The highest BCUT2D eigenvalue weighted by Gasteiger charge is 2.22. The first-order valence-electron chi connectivity index (χ1n) is 9.64. The number of carbonyl (C=O) groups is 2. The number of carboxylic acid groups (broad SMARTS) is 1. The topological polar surface area (TPSA) is 70.5 Å². The van der Waals surface area contributed by atoms with Gasteiger partial charge < -0.3 is 10.0 Å². The number of hydrogen-bond donors (Lipinski definition) is 1. The number of aromatic nitrogens is 1. The summed E-state index contributed by atoms with van der Waals surface area (Å²) < 4.78 is 0. The highest BCUT2D eigenvalue weighted by atomic mass is 35.5. The predicted octanol–water partition coefficient (Wildman–Crippen LogP) is 4.73. The van der Waals surface area contributed by atoms with Gasteiger partial charge in [0.2, 0.25) is 0 Å². The zero-order valence-electron chi connectivity index (χ0n) is 16.1. The maximum absolute atomic E-state index is 12.8. The SMILES string of the molecule is Cc1cc2nc(C(=O)N3CCCC3)ccc2c(-c2ccc(Cl)cc2)c1CC(=O)O. The average Bonchev–Trinajstić information content (AvgIpc) is 3.23. The molecule has 2 heterocycles. The standard InChI is InChI=1S/C23H21ClN2O3/c1-14-12-20-17(8-9-19(25-20)23(29)26-10-2-3-11-26)22(18(14)13-21(27)28)15-4-6-16(24)7-5-15/h4-9,12H,2-3,10-11,13H2,1H3,(H,27,28). The molecular weight excluding hydrogens is 388 g/mol. The van der Waals surface area contributed by atoms with Crippen molar-refractivity contribution in [2.45, 2.75) is 26.2 Å². The van der Waals surface area contributed by atoms with Crippen LogP contribution in [0.15, 0.2) is 42.5 Å². The molecule has 1 N–H and O–H groups in total. The molecule has 0 bridgehead atoms. The zero-order valence-corrected chi connectivity index (χ0v) is 16.9. The van der Waals surface area contributed by atoms with E-state index in [0.29, 0.717) is 16.2 Å². The average molecular weight is 409 g/mol. The van der Waals surface area contributed by atoms with Gasteiger partial charge in [-0.05, 0) is 72.4 Å². The minimum atomic E-state index is -0.892. The summed E-state index contributed by atoms with van der Waals surface area (Å²) in [6.07, 6.45) is 1.96. The van der Waals surface area contributed by atoms with Crippen molar-refractivity contribution in [2.24, 2.45) is 0 Å². The number of benzene rings is 2. The Morgan fingerprint density at radius 3 is 2.45 bits per heavy atom. The van der Waals surface area contributed by atoms with Gasteiger partial charge in [-0.2, -0.15) is 0 Å². The third kappa shape index (κ3) is 3.83. The molecule has 5 nitrogen and oxygen atoms in total. The lowest BCUT2D eigenvalue weighted by molar-refractivity contribution is -0.136. The highest BCUT2D eigenvalue weighted by Crippen LogP contribution is 2.35. The van der Waals surface area contributed by atoms with Crippen molar-refractivity contribution in [1.82, 2.24) is 9.88 Å². The second-order valence-corrected chi connectivity index (χ2v) is 7.82. The van der Waals surface area contributed by atoms with Gasteiger partial charge in [0.15, 0.2) is 0 Å². The molecule has 0 unspecified atom stereocenters. The van der Waals surface area contributed by atoms with E-state index in [1.807, 2.05) is 36.1 Å². The summed E-state index contributed by atoms with van der Waals surface area (Å²) in [7, 11) is 0. The summed E-state index contributed by atoms with van der Waals surface area (Å²) in [4.78, 5) is 30.7. The number of carboxylic acids is 1. The van der Waals surface area contributed by atoms with Crippen LogP contribution in [-0.4, -0.2) is 40.0 Å². The summed E-state index contributed by atoms with van der Waals surface area (Å²) in [5.74, 6) is -0.943.